The first-order valence-corrected chi connectivity index (χ1v) is 16.2. The highest BCUT2D eigenvalue weighted by Gasteiger charge is 2.37. The first kappa shape index (κ1) is 33.7. The summed E-state index contributed by atoms with van der Waals surface area (Å²) in [4.78, 5) is 48.2. The van der Waals surface area contributed by atoms with Gasteiger partial charge in [-0.05, 0) is 25.5 Å². The van der Waals surface area contributed by atoms with Crippen molar-refractivity contribution in [1.29, 1.82) is 0 Å². The van der Waals surface area contributed by atoms with Crippen molar-refractivity contribution >= 4 is 51.2 Å². The molecule has 6 heterocycles. The van der Waals surface area contributed by atoms with Crippen molar-refractivity contribution in [3.63, 3.8) is 0 Å². The van der Waals surface area contributed by atoms with Crippen LogP contribution < -0.4 is 16.0 Å². The van der Waals surface area contributed by atoms with Gasteiger partial charge >= 0.3 is 0 Å². The zero-order valence-corrected chi connectivity index (χ0v) is 27.4. The molecule has 1 amide bonds. The number of aromatic nitrogens is 6. The zero-order chi connectivity index (χ0) is 34.5. The third-order valence-electron chi connectivity index (χ3n) is 8.31. The van der Waals surface area contributed by atoms with Gasteiger partial charge in [0.2, 0.25) is 5.91 Å². The lowest BCUT2D eigenvalue weighted by Gasteiger charge is -2.24. The largest absolute Gasteiger partial charge is 0.392 e. The van der Waals surface area contributed by atoms with Gasteiger partial charge < -0.3 is 36.1 Å². The van der Waals surface area contributed by atoms with E-state index < -0.39 is 18.1 Å². The molecule has 0 bridgehead atoms. The smallest absolute Gasteiger partial charge is 0.240 e. The number of aliphatic hydroxyl groups is 2. The molecule has 252 valence electrons. The van der Waals surface area contributed by atoms with Crippen LogP contribution in [0.5, 0.6) is 0 Å². The highest BCUT2D eigenvalue weighted by atomic mass is 35.5. The predicted molar refractivity (Wildman–Crippen MR) is 188 cm³/mol. The van der Waals surface area contributed by atoms with Gasteiger partial charge in [0, 0.05) is 43.0 Å². The number of carbonyl (C=O) groups excluding carboxylic acids is 2. The van der Waals surface area contributed by atoms with Crippen LogP contribution in [0, 0.1) is 0 Å². The maximum atomic E-state index is 11.8. The van der Waals surface area contributed by atoms with Crippen molar-refractivity contribution in [2.45, 2.75) is 44.1 Å². The molecule has 13 nitrogen and oxygen atoms in total. The summed E-state index contributed by atoms with van der Waals surface area (Å²) in [6.07, 6.45) is 3.55. The molecule has 4 atom stereocenters. The number of rotatable bonds is 5. The number of aromatic amines is 2. The average molecular weight is 682 g/mol. The highest BCUT2D eigenvalue weighted by Crippen LogP contribution is 2.32. The van der Waals surface area contributed by atoms with Crippen molar-refractivity contribution in [2.24, 2.45) is 5.73 Å². The van der Waals surface area contributed by atoms with Crippen molar-refractivity contribution in [3.05, 3.63) is 90.3 Å². The number of carbonyl (C=O) groups is 2. The molecule has 0 radical (unpaired) electrons. The van der Waals surface area contributed by atoms with E-state index in [1.54, 1.807) is 17.3 Å². The number of nitrogens with two attached hydrogens (primary N) is 1. The maximum Gasteiger partial charge on any atom is 0.240 e. The fraction of sp³-hybridized carbons (Fsp3) is 0.257. The van der Waals surface area contributed by atoms with Crippen LogP contribution >= 0.6 is 11.6 Å². The molecule has 7 N–H and O–H groups in total. The lowest BCUT2D eigenvalue weighted by molar-refractivity contribution is -0.119. The molecule has 2 fully saturated rings. The number of nitrogens with zero attached hydrogens (tertiary/aromatic N) is 5. The number of halogens is 1. The summed E-state index contributed by atoms with van der Waals surface area (Å²) in [5.74, 6) is 1.47. The van der Waals surface area contributed by atoms with Gasteiger partial charge in [0.15, 0.2) is 11.6 Å². The summed E-state index contributed by atoms with van der Waals surface area (Å²) in [5, 5.41) is 24.0. The monoisotopic (exact) mass is 681 g/mol. The first-order chi connectivity index (χ1) is 23.7. The van der Waals surface area contributed by atoms with E-state index in [4.69, 9.17) is 22.4 Å². The molecule has 0 aliphatic carbocycles. The van der Waals surface area contributed by atoms with E-state index in [1.165, 1.54) is 6.92 Å². The Labute approximate surface area is 286 Å². The fourth-order valence-electron chi connectivity index (χ4n) is 5.82. The number of β-amino-alcohol motifs (C(OH)–C–C–N with tert-alkyl or cyclic N) is 2. The van der Waals surface area contributed by atoms with Gasteiger partial charge in [-0.1, -0.05) is 72.3 Å². The lowest BCUT2D eigenvalue weighted by Crippen LogP contribution is -2.40. The molecule has 2 saturated heterocycles. The summed E-state index contributed by atoms with van der Waals surface area (Å²) >= 11 is 6.08. The standard InChI is InChI=1S/C17H17N5O2.C12H8ClN3.C6H11NO2/c18-14(24)13-8-11(23)9-22(13)17-12-6-7-19-16(12)20-15(21-17)10-4-2-1-3-5-10;13-10-9-6-7-14-12(9)16-11(15-10)8-4-2-1-3-5-8;1-4(8)6-2-5(9)3-7-6/h1-7,11,13,23H,8-9H2,(H2,18,24)(H,19,20,21);1-7H,(H,14,15,16);5-7,9H,2-3H2,1H3/t11-,13+;;5-,6+/m1.1/s1. The topological polar surface area (TPSA) is 199 Å². The number of fused-ring (bicyclic) bond motifs is 2. The van der Waals surface area contributed by atoms with Crippen molar-refractivity contribution in [3.8, 4) is 22.8 Å². The van der Waals surface area contributed by atoms with Gasteiger partial charge in [-0.15, -0.1) is 0 Å². The molecule has 2 aliphatic heterocycles. The molecule has 2 aromatic carbocycles. The Morgan fingerprint density at radius 2 is 1.37 bits per heavy atom. The number of Topliss-reactive ketones (excluding diaryl/α,β-unsaturated/α-hetero) is 1. The van der Waals surface area contributed by atoms with Crippen LogP contribution in [0.25, 0.3) is 44.8 Å². The van der Waals surface area contributed by atoms with E-state index in [1.807, 2.05) is 72.8 Å². The number of aliphatic hydroxyl groups excluding tert-OH is 2. The minimum Gasteiger partial charge on any atom is -0.392 e. The van der Waals surface area contributed by atoms with Crippen molar-refractivity contribution in [1.82, 2.24) is 35.2 Å². The number of benzene rings is 2. The van der Waals surface area contributed by atoms with Gasteiger partial charge in [0.25, 0.3) is 0 Å². The van der Waals surface area contributed by atoms with E-state index in [2.05, 4.69) is 35.2 Å². The summed E-state index contributed by atoms with van der Waals surface area (Å²) in [6.45, 7) is 2.42. The second-order valence-corrected chi connectivity index (χ2v) is 12.2. The Bertz CT molecular complexity index is 2050. The Morgan fingerprint density at radius 1 is 0.796 bits per heavy atom. The summed E-state index contributed by atoms with van der Waals surface area (Å²) < 4.78 is 0. The summed E-state index contributed by atoms with van der Waals surface area (Å²) in [6, 6.07) is 22.5. The van der Waals surface area contributed by atoms with Crippen LogP contribution in [0.3, 0.4) is 0 Å². The van der Waals surface area contributed by atoms with Crippen LogP contribution in [0.15, 0.2) is 85.2 Å². The number of hydrogen-bond acceptors (Lipinski definition) is 10. The van der Waals surface area contributed by atoms with Crippen LogP contribution in [-0.4, -0.2) is 89.2 Å². The maximum absolute atomic E-state index is 11.8. The number of H-pyrrole nitrogens is 2. The molecule has 0 saturated carbocycles. The molecule has 14 heteroatoms. The van der Waals surface area contributed by atoms with Gasteiger partial charge in [0.1, 0.15) is 34.1 Å². The van der Waals surface area contributed by atoms with E-state index in [9.17, 15) is 14.7 Å². The number of nitrogens with one attached hydrogen (secondary N) is 3. The van der Waals surface area contributed by atoms with Crippen LogP contribution in [0.2, 0.25) is 5.15 Å². The number of ketones is 1. The van der Waals surface area contributed by atoms with Gasteiger partial charge in [-0.2, -0.15) is 0 Å². The summed E-state index contributed by atoms with van der Waals surface area (Å²) in [7, 11) is 0. The van der Waals surface area contributed by atoms with Crippen molar-refractivity contribution in [2.75, 3.05) is 18.0 Å². The van der Waals surface area contributed by atoms with Crippen LogP contribution in [0.4, 0.5) is 5.82 Å². The van der Waals surface area contributed by atoms with Gasteiger partial charge in [-0.25, -0.2) is 19.9 Å². The molecular formula is C35H36ClN9O4. The van der Waals surface area contributed by atoms with Gasteiger partial charge in [0.05, 0.1) is 29.0 Å². The van der Waals surface area contributed by atoms with E-state index in [-0.39, 0.29) is 17.9 Å². The van der Waals surface area contributed by atoms with Crippen LogP contribution in [0.1, 0.15) is 19.8 Å². The van der Waals surface area contributed by atoms with Gasteiger partial charge in [-0.3, -0.25) is 9.59 Å². The second kappa shape index (κ2) is 14.9. The number of hydrogen-bond donors (Lipinski definition) is 6. The molecule has 6 aromatic rings. The molecule has 2 aliphatic rings. The van der Waals surface area contributed by atoms with Crippen molar-refractivity contribution < 1.29 is 19.8 Å². The highest BCUT2D eigenvalue weighted by molar-refractivity contribution is 6.34. The van der Waals surface area contributed by atoms with E-state index in [0.29, 0.717) is 54.2 Å². The molecule has 8 rings (SSSR count). The molecular weight excluding hydrogens is 646 g/mol. The third-order valence-corrected chi connectivity index (χ3v) is 8.59. The normalized spacial score (nSPS) is 20.0. The first-order valence-electron chi connectivity index (χ1n) is 15.8. The Morgan fingerprint density at radius 3 is 1.90 bits per heavy atom. The fourth-order valence-corrected chi connectivity index (χ4v) is 6.06. The Kier molecular flexibility index (Phi) is 10.3. The van der Waals surface area contributed by atoms with Crippen LogP contribution in [-0.2, 0) is 9.59 Å². The molecule has 0 unspecified atom stereocenters. The number of primary amides is 1. The minimum absolute atomic E-state index is 0.0972. The molecule has 49 heavy (non-hydrogen) atoms. The summed E-state index contributed by atoms with van der Waals surface area (Å²) in [5.41, 5.74) is 8.80. The molecule has 4 aromatic heterocycles. The SMILES string of the molecule is CC(=O)[C@@H]1C[C@@H](O)CN1.Clc1nc(-c2ccccc2)nc2[nH]ccc12.NC(=O)[C@@H]1C[C@@H](O)CN1c1nc(-c2ccccc2)nc2[nH]ccc12. The number of anilines is 1. The van der Waals surface area contributed by atoms with E-state index in [0.717, 1.165) is 27.5 Å². The number of amides is 1. The molecule has 0 spiro atoms. The van der Waals surface area contributed by atoms with E-state index >= 15 is 0 Å². The lowest BCUT2D eigenvalue weighted by atomic mass is 10.1. The Balaban J connectivity index is 0.000000143. The minimum atomic E-state index is -0.605. The quantitative estimate of drug-likeness (QED) is 0.146. The second-order valence-electron chi connectivity index (χ2n) is 11.8. The zero-order valence-electron chi connectivity index (χ0n) is 26.6. The Hall–Kier alpha value is -5.21. The average Bonchev–Trinajstić information content (AvgIpc) is 3.93. The predicted octanol–water partition coefficient (Wildman–Crippen LogP) is 3.63. The third kappa shape index (κ3) is 7.76.